The highest BCUT2D eigenvalue weighted by molar-refractivity contribution is 7.85. The van der Waals surface area contributed by atoms with E-state index in [1.807, 2.05) is 0 Å². The van der Waals surface area contributed by atoms with Gasteiger partial charge in [-0.1, -0.05) is 6.92 Å². The minimum atomic E-state index is -5.07. The molecule has 0 N–H and O–H groups in total. The molecule has 7 nitrogen and oxygen atoms in total. The van der Waals surface area contributed by atoms with Gasteiger partial charge in [0.25, 0.3) is 0 Å². The number of fused-ring (bicyclic) bond motifs is 1. The van der Waals surface area contributed by atoms with Gasteiger partial charge in [0.05, 0.1) is 46.9 Å². The van der Waals surface area contributed by atoms with Crippen LogP contribution < -0.4 is 4.90 Å². The van der Waals surface area contributed by atoms with Crippen LogP contribution in [0.2, 0.25) is 0 Å². The van der Waals surface area contributed by atoms with Gasteiger partial charge in [0, 0.05) is 23.2 Å². The lowest BCUT2D eigenvalue weighted by atomic mass is 9.87. The molecule has 236 valence electrons. The van der Waals surface area contributed by atoms with E-state index in [0.717, 1.165) is 24.9 Å². The maximum Gasteiger partial charge on any atom is 0.416 e. The maximum absolute atomic E-state index is 13.6. The molecular weight excluding hydrogens is 602 g/mol. The molecule has 0 spiro atoms. The number of amides is 2. The van der Waals surface area contributed by atoms with Crippen molar-refractivity contribution in [3.05, 3.63) is 58.7 Å². The molecule has 1 unspecified atom stereocenters. The van der Waals surface area contributed by atoms with Crippen molar-refractivity contribution in [3.63, 3.8) is 0 Å². The van der Waals surface area contributed by atoms with E-state index >= 15 is 0 Å². The number of anilines is 1. The van der Waals surface area contributed by atoms with Gasteiger partial charge in [-0.3, -0.25) is 14.0 Å². The average molecular weight is 635 g/mol. The highest BCUT2D eigenvalue weighted by Crippen LogP contribution is 2.49. The van der Waals surface area contributed by atoms with Crippen LogP contribution in [0.4, 0.5) is 41.6 Å². The molecule has 4 rings (SSSR count). The molecule has 2 aromatic rings. The molecule has 0 saturated heterocycles. The molecule has 0 radical (unpaired) electrons. The number of alkyl halides is 6. The topological polar surface area (TPSA) is 76.2 Å². The second-order valence-corrected chi connectivity index (χ2v) is 12.6. The molecule has 1 heterocycles. The Labute approximate surface area is 247 Å². The summed E-state index contributed by atoms with van der Waals surface area (Å²) >= 11 is 0. The van der Waals surface area contributed by atoms with Crippen LogP contribution >= 0.6 is 0 Å². The molecule has 1 aliphatic carbocycles. The van der Waals surface area contributed by atoms with Gasteiger partial charge < -0.3 is 9.47 Å². The Morgan fingerprint density at radius 1 is 1.02 bits per heavy atom. The predicted octanol–water partition coefficient (Wildman–Crippen LogP) is 7.70. The third-order valence-electron chi connectivity index (χ3n) is 7.42. The zero-order chi connectivity index (χ0) is 31.9. The number of nitrogens with zero attached hydrogens (tertiary/aromatic N) is 2. The molecule has 3 atom stereocenters. The standard InChI is InChI=1S/C29H32F6N2O5S/c1-5-43(40)21-8-9-23-22(13-21)25(14-24(18-6-7-18)37(23)27(39)42-16(2)3)36(26(38)41-4)15-17-10-19(28(30,31)32)12-20(11-17)29(33,34)35/h8-13,16,18,24-25H,5-7,14-15H2,1-4H3/t24-,25-,43?/m1/s1. The smallest absolute Gasteiger partial charge is 0.416 e. The Kier molecular flexibility index (Phi) is 9.38. The molecule has 2 aliphatic rings. The minimum Gasteiger partial charge on any atom is -0.453 e. The fourth-order valence-corrected chi connectivity index (χ4v) is 6.18. The van der Waals surface area contributed by atoms with E-state index in [9.17, 15) is 40.1 Å². The zero-order valence-corrected chi connectivity index (χ0v) is 24.7. The zero-order valence-electron chi connectivity index (χ0n) is 23.9. The van der Waals surface area contributed by atoms with Crippen LogP contribution in [-0.2, 0) is 39.2 Å². The SMILES string of the molecule is CCS(=O)c1ccc2c(c1)[C@H](N(Cc1cc(C(F)(F)F)cc(C(F)(F)F)c1)C(=O)OC)C[C@H](C1CC1)N2C(=O)OC(C)C. The highest BCUT2D eigenvalue weighted by atomic mass is 32.2. The highest BCUT2D eigenvalue weighted by Gasteiger charge is 2.47. The van der Waals surface area contributed by atoms with Gasteiger partial charge in [0.15, 0.2) is 0 Å². The molecule has 2 aromatic carbocycles. The van der Waals surface area contributed by atoms with E-state index in [0.29, 0.717) is 28.3 Å². The summed E-state index contributed by atoms with van der Waals surface area (Å²) in [4.78, 5) is 29.5. The van der Waals surface area contributed by atoms with Crippen LogP contribution in [0.15, 0.2) is 41.3 Å². The second-order valence-electron chi connectivity index (χ2n) is 10.8. The van der Waals surface area contributed by atoms with Crippen LogP contribution in [0.1, 0.15) is 68.3 Å². The van der Waals surface area contributed by atoms with Crippen molar-refractivity contribution in [1.82, 2.24) is 4.90 Å². The largest absolute Gasteiger partial charge is 0.453 e. The van der Waals surface area contributed by atoms with E-state index < -0.39 is 76.8 Å². The van der Waals surface area contributed by atoms with E-state index in [1.54, 1.807) is 39.0 Å². The first kappa shape index (κ1) is 32.6. The third-order valence-corrected chi connectivity index (χ3v) is 8.73. The van der Waals surface area contributed by atoms with Gasteiger partial charge in [-0.25, -0.2) is 9.59 Å². The van der Waals surface area contributed by atoms with E-state index in [1.165, 1.54) is 4.90 Å². The van der Waals surface area contributed by atoms with Crippen molar-refractivity contribution < 1.29 is 49.6 Å². The van der Waals surface area contributed by atoms with Gasteiger partial charge in [0.2, 0.25) is 0 Å². The van der Waals surface area contributed by atoms with E-state index in [4.69, 9.17) is 9.47 Å². The number of carbonyl (C=O) groups excluding carboxylic acids is 2. The summed E-state index contributed by atoms with van der Waals surface area (Å²) in [7, 11) is -0.394. The maximum atomic E-state index is 13.6. The number of carbonyl (C=O) groups is 2. The van der Waals surface area contributed by atoms with Crippen molar-refractivity contribution in [1.29, 1.82) is 0 Å². The normalized spacial score (nSPS) is 19.6. The monoisotopic (exact) mass is 634 g/mol. The van der Waals surface area contributed by atoms with Crippen LogP contribution in [-0.4, -0.2) is 46.3 Å². The summed E-state index contributed by atoms with van der Waals surface area (Å²) in [5.41, 5.74) is -2.72. The lowest BCUT2D eigenvalue weighted by Crippen LogP contribution is -2.50. The lowest BCUT2D eigenvalue weighted by molar-refractivity contribution is -0.143. The third kappa shape index (κ3) is 7.27. The number of ether oxygens (including phenoxy) is 2. The first-order valence-electron chi connectivity index (χ1n) is 13.7. The molecule has 1 aliphatic heterocycles. The van der Waals surface area contributed by atoms with E-state index in [2.05, 4.69) is 0 Å². The summed E-state index contributed by atoms with van der Waals surface area (Å²) in [6.45, 7) is 4.43. The Hall–Kier alpha value is -3.29. The number of hydrogen-bond donors (Lipinski definition) is 0. The lowest BCUT2D eigenvalue weighted by Gasteiger charge is -2.44. The minimum absolute atomic E-state index is 0.0234. The number of benzene rings is 2. The molecule has 1 fully saturated rings. The molecule has 1 saturated carbocycles. The predicted molar refractivity (Wildman–Crippen MR) is 146 cm³/mol. The van der Waals surface area contributed by atoms with Crippen molar-refractivity contribution in [2.75, 3.05) is 17.8 Å². The van der Waals surface area contributed by atoms with Crippen molar-refractivity contribution in [3.8, 4) is 0 Å². The number of rotatable bonds is 7. The second kappa shape index (κ2) is 12.4. The van der Waals surface area contributed by atoms with Gasteiger partial charge in [0.1, 0.15) is 0 Å². The first-order valence-corrected chi connectivity index (χ1v) is 15.0. The fraction of sp³-hybridized carbons (Fsp3) is 0.517. The van der Waals surface area contributed by atoms with Crippen LogP contribution in [0.5, 0.6) is 0 Å². The van der Waals surface area contributed by atoms with Crippen LogP contribution in [0.25, 0.3) is 0 Å². The fourth-order valence-electron chi connectivity index (χ4n) is 5.37. The number of halogens is 6. The summed E-state index contributed by atoms with van der Waals surface area (Å²) < 4.78 is 105. The summed E-state index contributed by atoms with van der Waals surface area (Å²) in [6.07, 6.45) is -10.6. The van der Waals surface area contributed by atoms with Crippen LogP contribution in [0.3, 0.4) is 0 Å². The summed E-state index contributed by atoms with van der Waals surface area (Å²) in [5, 5.41) is 0. The Morgan fingerprint density at radius 2 is 1.63 bits per heavy atom. The van der Waals surface area contributed by atoms with Gasteiger partial charge in [-0.05, 0) is 86.6 Å². The van der Waals surface area contributed by atoms with Crippen molar-refractivity contribution in [2.24, 2.45) is 5.92 Å². The van der Waals surface area contributed by atoms with Gasteiger partial charge in [-0.15, -0.1) is 0 Å². The molecule has 14 heteroatoms. The molecule has 0 bridgehead atoms. The first-order chi connectivity index (χ1) is 20.0. The van der Waals surface area contributed by atoms with E-state index in [-0.39, 0.29) is 24.2 Å². The van der Waals surface area contributed by atoms with Crippen molar-refractivity contribution in [2.45, 2.75) is 82.0 Å². The Morgan fingerprint density at radius 3 is 2.12 bits per heavy atom. The molecular formula is C29H32F6N2O5S. The van der Waals surface area contributed by atoms with Crippen molar-refractivity contribution >= 4 is 28.7 Å². The van der Waals surface area contributed by atoms with Crippen LogP contribution in [0, 0.1) is 5.92 Å². The quantitative estimate of drug-likeness (QED) is 0.292. The molecule has 0 aromatic heterocycles. The van der Waals surface area contributed by atoms with Gasteiger partial charge >= 0.3 is 24.5 Å². The summed E-state index contributed by atoms with van der Waals surface area (Å²) in [5.74, 6) is 0.294. The molecule has 43 heavy (non-hydrogen) atoms. The number of methoxy groups -OCH3 is 1. The number of hydrogen-bond acceptors (Lipinski definition) is 5. The average Bonchev–Trinajstić information content (AvgIpc) is 3.78. The Balaban J connectivity index is 1.88. The van der Waals surface area contributed by atoms with Gasteiger partial charge in [-0.2, -0.15) is 26.3 Å². The Bertz CT molecular complexity index is 1360. The summed E-state index contributed by atoms with van der Waals surface area (Å²) in [6, 6.07) is 4.48. The molecule has 2 amide bonds.